The van der Waals surface area contributed by atoms with E-state index in [1.807, 2.05) is 0 Å². The van der Waals surface area contributed by atoms with Gasteiger partial charge in [0, 0.05) is 23.7 Å². The summed E-state index contributed by atoms with van der Waals surface area (Å²) in [7, 11) is -4.21. The van der Waals surface area contributed by atoms with Crippen molar-refractivity contribution < 1.29 is 22.4 Å². The molecule has 3 aromatic rings. The first-order valence-electron chi connectivity index (χ1n) is 11.7. The second-order valence-corrected chi connectivity index (χ2v) is 10.7. The lowest BCUT2D eigenvalue weighted by molar-refractivity contribution is -0.139. The van der Waals surface area contributed by atoms with Crippen molar-refractivity contribution in [1.29, 1.82) is 0 Å². The number of rotatable bonds is 10. The molecule has 2 amide bonds. The van der Waals surface area contributed by atoms with Gasteiger partial charge in [0.15, 0.2) is 0 Å². The highest BCUT2D eigenvalue weighted by Gasteiger charge is 2.33. The molecule has 1 atom stereocenters. The van der Waals surface area contributed by atoms with Crippen LogP contribution in [-0.4, -0.2) is 44.3 Å². The molecule has 0 fully saturated rings. The summed E-state index contributed by atoms with van der Waals surface area (Å²) in [6, 6.07) is 17.4. The molecule has 0 saturated carbocycles. The zero-order chi connectivity index (χ0) is 27.2. The van der Waals surface area contributed by atoms with Crippen LogP contribution in [0.15, 0.2) is 77.7 Å². The normalized spacial score (nSPS) is 12.0. The number of amides is 2. The average Bonchev–Trinajstić information content (AvgIpc) is 2.88. The van der Waals surface area contributed by atoms with Gasteiger partial charge in [-0.1, -0.05) is 54.1 Å². The number of anilines is 1. The summed E-state index contributed by atoms with van der Waals surface area (Å²) in [5, 5.41) is 2.99. The molecule has 0 aromatic heterocycles. The summed E-state index contributed by atoms with van der Waals surface area (Å²) in [6.45, 7) is 4.40. The van der Waals surface area contributed by atoms with Crippen LogP contribution in [0, 0.1) is 12.7 Å². The van der Waals surface area contributed by atoms with Gasteiger partial charge in [-0.2, -0.15) is 0 Å². The van der Waals surface area contributed by atoms with Gasteiger partial charge in [0.25, 0.3) is 10.0 Å². The third-order valence-electron chi connectivity index (χ3n) is 5.93. The molecule has 0 aliphatic rings. The molecule has 1 N–H and O–H groups in total. The quantitative estimate of drug-likeness (QED) is 0.405. The zero-order valence-corrected chi connectivity index (χ0v) is 22.4. The van der Waals surface area contributed by atoms with Gasteiger partial charge in [0.05, 0.1) is 10.6 Å². The third-order valence-corrected chi connectivity index (χ3v) is 8.12. The van der Waals surface area contributed by atoms with Crippen molar-refractivity contribution in [3.63, 3.8) is 0 Å². The number of benzene rings is 3. The fraction of sp³-hybridized carbons (Fsp3) is 0.259. The fourth-order valence-corrected chi connectivity index (χ4v) is 5.48. The lowest BCUT2D eigenvalue weighted by Gasteiger charge is -2.32. The van der Waals surface area contributed by atoms with E-state index < -0.39 is 40.2 Å². The second kappa shape index (κ2) is 12.2. The van der Waals surface area contributed by atoms with E-state index in [1.165, 1.54) is 42.2 Å². The molecule has 7 nitrogen and oxygen atoms in total. The average molecular weight is 546 g/mol. The smallest absolute Gasteiger partial charge is 0.264 e. The molecule has 196 valence electrons. The fourth-order valence-electron chi connectivity index (χ4n) is 3.81. The van der Waals surface area contributed by atoms with Gasteiger partial charge in [-0.3, -0.25) is 13.9 Å². The summed E-state index contributed by atoms with van der Waals surface area (Å²) in [6.07, 6.45) is 0. The molecule has 10 heteroatoms. The van der Waals surface area contributed by atoms with Crippen LogP contribution >= 0.6 is 11.6 Å². The predicted molar refractivity (Wildman–Crippen MR) is 142 cm³/mol. The van der Waals surface area contributed by atoms with Gasteiger partial charge in [-0.25, -0.2) is 12.8 Å². The topological polar surface area (TPSA) is 86.8 Å². The summed E-state index contributed by atoms with van der Waals surface area (Å²) < 4.78 is 43.0. The maximum atomic E-state index is 14.5. The Labute approximate surface area is 221 Å². The highest BCUT2D eigenvalue weighted by molar-refractivity contribution is 7.92. The van der Waals surface area contributed by atoms with E-state index in [2.05, 4.69) is 5.32 Å². The molecule has 3 aromatic carbocycles. The van der Waals surface area contributed by atoms with Crippen LogP contribution in [0.5, 0.6) is 0 Å². The SMILES string of the molecule is CCNC(=O)[C@@H](C)N(Cc1ccccc1F)C(=O)CN(c1cccc(Cl)c1C)S(=O)(=O)c1ccccc1. The monoisotopic (exact) mass is 545 g/mol. The van der Waals surface area contributed by atoms with E-state index >= 15 is 0 Å². The van der Waals surface area contributed by atoms with Gasteiger partial charge < -0.3 is 10.2 Å². The highest BCUT2D eigenvalue weighted by Crippen LogP contribution is 2.31. The minimum atomic E-state index is -4.21. The third kappa shape index (κ3) is 6.47. The molecule has 0 aliphatic heterocycles. The summed E-state index contributed by atoms with van der Waals surface area (Å²) >= 11 is 6.29. The van der Waals surface area contributed by atoms with Crippen LogP contribution in [0.2, 0.25) is 5.02 Å². The van der Waals surface area contributed by atoms with E-state index in [-0.39, 0.29) is 22.7 Å². The van der Waals surface area contributed by atoms with Crippen molar-refractivity contribution in [1.82, 2.24) is 10.2 Å². The van der Waals surface area contributed by atoms with Crippen molar-refractivity contribution in [2.75, 3.05) is 17.4 Å². The van der Waals surface area contributed by atoms with Gasteiger partial charge in [0.1, 0.15) is 18.4 Å². The van der Waals surface area contributed by atoms with Crippen LogP contribution in [-0.2, 0) is 26.2 Å². The first kappa shape index (κ1) is 28.1. The maximum Gasteiger partial charge on any atom is 0.264 e. The van der Waals surface area contributed by atoms with Crippen LogP contribution in [0.3, 0.4) is 0 Å². The van der Waals surface area contributed by atoms with Crippen LogP contribution in [0.1, 0.15) is 25.0 Å². The minimum absolute atomic E-state index is 0.0143. The Hall–Kier alpha value is -3.43. The molecule has 0 unspecified atom stereocenters. The Kier molecular flexibility index (Phi) is 9.29. The van der Waals surface area contributed by atoms with Crippen molar-refractivity contribution in [2.45, 2.75) is 38.3 Å². The Balaban J connectivity index is 2.08. The Bertz CT molecular complexity index is 1370. The lowest BCUT2D eigenvalue weighted by atomic mass is 10.1. The summed E-state index contributed by atoms with van der Waals surface area (Å²) in [5.74, 6) is -1.66. The molecule has 0 spiro atoms. The van der Waals surface area contributed by atoms with Crippen molar-refractivity contribution in [3.05, 3.63) is 94.8 Å². The molecular formula is C27H29ClFN3O4S. The Morgan fingerprint density at radius 1 is 1.00 bits per heavy atom. The summed E-state index contributed by atoms with van der Waals surface area (Å²) in [5.41, 5.74) is 0.888. The van der Waals surface area contributed by atoms with Gasteiger partial charge in [-0.05, 0) is 56.7 Å². The molecule has 0 aliphatic carbocycles. The number of carbonyl (C=O) groups excluding carboxylic acids is 2. The van der Waals surface area contributed by atoms with Crippen LogP contribution in [0.25, 0.3) is 0 Å². The number of carbonyl (C=O) groups is 2. The number of nitrogens with one attached hydrogen (secondary N) is 1. The molecule has 3 rings (SSSR count). The minimum Gasteiger partial charge on any atom is -0.355 e. The number of hydrogen-bond acceptors (Lipinski definition) is 4. The maximum absolute atomic E-state index is 14.5. The van der Waals surface area contributed by atoms with Gasteiger partial charge >= 0.3 is 0 Å². The predicted octanol–water partition coefficient (Wildman–Crippen LogP) is 4.54. The van der Waals surface area contributed by atoms with Crippen molar-refractivity contribution in [3.8, 4) is 0 Å². The zero-order valence-electron chi connectivity index (χ0n) is 20.8. The van der Waals surface area contributed by atoms with E-state index in [1.54, 1.807) is 56.3 Å². The van der Waals surface area contributed by atoms with Gasteiger partial charge in [-0.15, -0.1) is 0 Å². The number of nitrogens with zero attached hydrogens (tertiary/aromatic N) is 2. The van der Waals surface area contributed by atoms with Crippen molar-refractivity contribution in [2.24, 2.45) is 0 Å². The molecular weight excluding hydrogens is 517 g/mol. The Morgan fingerprint density at radius 2 is 1.65 bits per heavy atom. The largest absolute Gasteiger partial charge is 0.355 e. The second-order valence-electron chi connectivity index (χ2n) is 8.39. The molecule has 0 saturated heterocycles. The number of halogens is 2. The number of likely N-dealkylation sites (N-methyl/N-ethyl adjacent to an activating group) is 1. The summed E-state index contributed by atoms with van der Waals surface area (Å²) in [4.78, 5) is 27.6. The van der Waals surface area contributed by atoms with E-state index in [4.69, 9.17) is 11.6 Å². The van der Waals surface area contributed by atoms with Crippen LogP contribution < -0.4 is 9.62 Å². The van der Waals surface area contributed by atoms with Gasteiger partial charge in [0.2, 0.25) is 11.8 Å². The molecule has 0 radical (unpaired) electrons. The Morgan fingerprint density at radius 3 is 2.30 bits per heavy atom. The molecule has 0 heterocycles. The highest BCUT2D eigenvalue weighted by atomic mass is 35.5. The first-order valence-corrected chi connectivity index (χ1v) is 13.5. The number of hydrogen-bond donors (Lipinski definition) is 1. The molecule has 37 heavy (non-hydrogen) atoms. The van der Waals surface area contributed by atoms with Crippen molar-refractivity contribution >= 4 is 39.1 Å². The van der Waals surface area contributed by atoms with E-state index in [0.29, 0.717) is 17.1 Å². The standard InChI is InChI=1S/C27H29ClFN3O4S/c1-4-30-27(34)20(3)31(17-21-11-8-9-15-24(21)29)26(33)18-32(25-16-10-14-23(28)19(25)2)37(35,36)22-12-6-5-7-13-22/h5-16,20H,4,17-18H2,1-3H3,(H,30,34)/t20-/m1/s1. The molecule has 0 bridgehead atoms. The lowest BCUT2D eigenvalue weighted by Crippen LogP contribution is -2.51. The van der Waals surface area contributed by atoms with E-state index in [9.17, 15) is 22.4 Å². The first-order chi connectivity index (χ1) is 17.6. The van der Waals surface area contributed by atoms with Crippen LogP contribution in [0.4, 0.5) is 10.1 Å². The van der Waals surface area contributed by atoms with E-state index in [0.717, 1.165) is 4.31 Å². The number of sulfonamides is 1.